The molecule has 1 N–H and O–H groups in total. The molecule has 0 unspecified atom stereocenters. The Kier molecular flexibility index (Phi) is 3.44. The van der Waals surface area contributed by atoms with E-state index in [-0.39, 0.29) is 0 Å². The van der Waals surface area contributed by atoms with E-state index in [9.17, 15) is 4.79 Å². The molecule has 0 rings (SSSR count). The second kappa shape index (κ2) is 3.89. The van der Waals surface area contributed by atoms with Gasteiger partial charge < -0.3 is 5.11 Å². The van der Waals surface area contributed by atoms with Crippen LogP contribution in [0.25, 0.3) is 0 Å². The van der Waals surface area contributed by atoms with Gasteiger partial charge in [-0.1, -0.05) is 18.2 Å². The third-order valence-corrected chi connectivity index (χ3v) is 0.876. The lowest BCUT2D eigenvalue weighted by Crippen LogP contribution is -1.94. The summed E-state index contributed by atoms with van der Waals surface area (Å²) >= 11 is 0. The van der Waals surface area contributed by atoms with Crippen LogP contribution in [0.4, 0.5) is 0 Å². The minimum atomic E-state index is -0.867. The second-order valence-corrected chi connectivity index (χ2v) is 1.68. The van der Waals surface area contributed by atoms with Gasteiger partial charge in [-0.25, -0.2) is 4.79 Å². The van der Waals surface area contributed by atoms with Gasteiger partial charge in [0.15, 0.2) is 0 Å². The lowest BCUT2D eigenvalue weighted by Gasteiger charge is -1.85. The summed E-state index contributed by atoms with van der Waals surface area (Å²) in [6.07, 6.45) is 5.04. The van der Waals surface area contributed by atoms with Crippen LogP contribution < -0.4 is 0 Å². The Bertz CT molecular complexity index is 154. The van der Waals surface area contributed by atoms with Crippen LogP contribution in [0.2, 0.25) is 0 Å². The molecular weight excluding hydrogens is 116 g/mol. The third kappa shape index (κ3) is 3.53. The summed E-state index contributed by atoms with van der Waals surface area (Å²) in [4.78, 5) is 10.1. The normalized spacial score (nSPS) is 12.4. The standard InChI is InChI=1S/C7H10O2/c1-3-4-5-6(2)7(8)9/h3-5H,1-2H3,(H,8,9). The van der Waals surface area contributed by atoms with Gasteiger partial charge in [0.2, 0.25) is 0 Å². The average Bonchev–Trinajstić information content (AvgIpc) is 1.82. The molecule has 0 fully saturated rings. The molecule has 2 heteroatoms. The number of rotatable bonds is 2. The van der Waals surface area contributed by atoms with Crippen molar-refractivity contribution in [1.29, 1.82) is 0 Å². The lowest BCUT2D eigenvalue weighted by molar-refractivity contribution is -0.132. The first kappa shape index (κ1) is 7.95. The number of carboxylic acid groups (broad SMARTS) is 1. The van der Waals surface area contributed by atoms with E-state index in [4.69, 9.17) is 5.11 Å². The second-order valence-electron chi connectivity index (χ2n) is 1.68. The molecule has 0 saturated carbocycles. The highest BCUT2D eigenvalue weighted by molar-refractivity contribution is 5.86. The SMILES string of the molecule is CC=CC=C(C)C(=O)O. The van der Waals surface area contributed by atoms with Gasteiger partial charge in [0.1, 0.15) is 0 Å². The van der Waals surface area contributed by atoms with E-state index in [1.54, 1.807) is 25.2 Å². The maximum Gasteiger partial charge on any atom is 0.331 e. The monoisotopic (exact) mass is 126 g/mol. The zero-order chi connectivity index (χ0) is 7.28. The zero-order valence-electron chi connectivity index (χ0n) is 5.59. The Labute approximate surface area is 54.5 Å². The van der Waals surface area contributed by atoms with Crippen LogP contribution >= 0.6 is 0 Å². The van der Waals surface area contributed by atoms with Crippen molar-refractivity contribution in [3.8, 4) is 0 Å². The van der Waals surface area contributed by atoms with Crippen molar-refractivity contribution >= 4 is 5.97 Å². The molecule has 0 aromatic heterocycles. The number of carbonyl (C=O) groups is 1. The van der Waals surface area contributed by atoms with Gasteiger partial charge in [-0.2, -0.15) is 0 Å². The third-order valence-electron chi connectivity index (χ3n) is 0.876. The molecule has 0 heterocycles. The van der Waals surface area contributed by atoms with Crippen molar-refractivity contribution in [2.45, 2.75) is 13.8 Å². The van der Waals surface area contributed by atoms with Crippen LogP contribution in [-0.4, -0.2) is 11.1 Å². The molecule has 0 amide bonds. The van der Waals surface area contributed by atoms with Crippen molar-refractivity contribution in [3.63, 3.8) is 0 Å². The first-order chi connectivity index (χ1) is 4.18. The summed E-state index contributed by atoms with van der Waals surface area (Å²) in [6, 6.07) is 0. The van der Waals surface area contributed by atoms with Crippen molar-refractivity contribution in [1.82, 2.24) is 0 Å². The van der Waals surface area contributed by atoms with Crippen LogP contribution in [0.5, 0.6) is 0 Å². The Balaban J connectivity index is 4.00. The van der Waals surface area contributed by atoms with Crippen LogP contribution in [-0.2, 0) is 4.79 Å². The van der Waals surface area contributed by atoms with Gasteiger partial charge in [-0.3, -0.25) is 0 Å². The van der Waals surface area contributed by atoms with Gasteiger partial charge in [-0.05, 0) is 13.8 Å². The summed E-state index contributed by atoms with van der Waals surface area (Å²) in [5, 5.41) is 8.31. The number of aliphatic carboxylic acids is 1. The van der Waals surface area contributed by atoms with Crippen LogP contribution in [0.3, 0.4) is 0 Å². The number of hydrogen-bond donors (Lipinski definition) is 1. The quantitative estimate of drug-likeness (QED) is 0.450. The van der Waals surface area contributed by atoms with Gasteiger partial charge in [0.05, 0.1) is 0 Å². The molecule has 50 valence electrons. The molecule has 0 radical (unpaired) electrons. The number of hydrogen-bond acceptors (Lipinski definition) is 1. The van der Waals surface area contributed by atoms with E-state index in [1.165, 1.54) is 0 Å². The minimum absolute atomic E-state index is 0.355. The predicted octanol–water partition coefficient (Wildman–Crippen LogP) is 1.59. The van der Waals surface area contributed by atoms with E-state index >= 15 is 0 Å². The van der Waals surface area contributed by atoms with Crippen LogP contribution in [0.1, 0.15) is 13.8 Å². The predicted molar refractivity (Wildman–Crippen MR) is 36.2 cm³/mol. The molecule has 0 aliphatic carbocycles. The molecule has 2 nitrogen and oxygen atoms in total. The molecule has 0 aromatic carbocycles. The molecule has 0 bridgehead atoms. The summed E-state index contributed by atoms with van der Waals surface area (Å²) in [7, 11) is 0. The average molecular weight is 126 g/mol. The van der Waals surface area contributed by atoms with Crippen molar-refractivity contribution < 1.29 is 9.90 Å². The summed E-state index contributed by atoms with van der Waals surface area (Å²) in [5.74, 6) is -0.867. The molecular formula is C7H10O2. The summed E-state index contributed by atoms with van der Waals surface area (Å²) in [6.45, 7) is 3.40. The van der Waals surface area contributed by atoms with Gasteiger partial charge in [0, 0.05) is 5.57 Å². The molecule has 0 aliphatic rings. The highest BCUT2D eigenvalue weighted by atomic mass is 16.4. The van der Waals surface area contributed by atoms with Crippen molar-refractivity contribution in [2.24, 2.45) is 0 Å². The van der Waals surface area contributed by atoms with Gasteiger partial charge >= 0.3 is 5.97 Å². The highest BCUT2D eigenvalue weighted by Gasteiger charge is 1.94. The number of carboxylic acids is 1. The lowest BCUT2D eigenvalue weighted by atomic mass is 10.3. The van der Waals surface area contributed by atoms with E-state index in [0.29, 0.717) is 5.57 Å². The Morgan fingerprint density at radius 1 is 1.56 bits per heavy atom. The maximum atomic E-state index is 10.1. The van der Waals surface area contributed by atoms with Gasteiger partial charge in [0.25, 0.3) is 0 Å². The smallest absolute Gasteiger partial charge is 0.331 e. The zero-order valence-corrected chi connectivity index (χ0v) is 5.59. The Hall–Kier alpha value is -1.05. The van der Waals surface area contributed by atoms with Crippen molar-refractivity contribution in [2.75, 3.05) is 0 Å². The largest absolute Gasteiger partial charge is 0.478 e. The van der Waals surface area contributed by atoms with E-state index < -0.39 is 5.97 Å². The summed E-state index contributed by atoms with van der Waals surface area (Å²) < 4.78 is 0. The maximum absolute atomic E-state index is 10.1. The topological polar surface area (TPSA) is 37.3 Å². The van der Waals surface area contributed by atoms with E-state index in [1.807, 2.05) is 6.92 Å². The first-order valence-corrected chi connectivity index (χ1v) is 2.71. The Morgan fingerprint density at radius 2 is 2.11 bits per heavy atom. The Morgan fingerprint density at radius 3 is 2.44 bits per heavy atom. The minimum Gasteiger partial charge on any atom is -0.478 e. The molecule has 0 saturated heterocycles. The van der Waals surface area contributed by atoms with Gasteiger partial charge in [-0.15, -0.1) is 0 Å². The molecule has 0 aliphatic heterocycles. The number of allylic oxidation sites excluding steroid dienone is 3. The molecule has 9 heavy (non-hydrogen) atoms. The first-order valence-electron chi connectivity index (χ1n) is 2.71. The van der Waals surface area contributed by atoms with Crippen LogP contribution in [0, 0.1) is 0 Å². The molecule has 0 atom stereocenters. The fraction of sp³-hybridized carbons (Fsp3) is 0.286. The molecule has 0 spiro atoms. The fourth-order valence-electron chi connectivity index (χ4n) is 0.312. The fourth-order valence-corrected chi connectivity index (χ4v) is 0.312. The van der Waals surface area contributed by atoms with Crippen LogP contribution in [0.15, 0.2) is 23.8 Å². The van der Waals surface area contributed by atoms with Crippen molar-refractivity contribution in [3.05, 3.63) is 23.8 Å². The van der Waals surface area contributed by atoms with E-state index in [0.717, 1.165) is 0 Å². The summed E-state index contributed by atoms with van der Waals surface area (Å²) in [5.41, 5.74) is 0.355. The highest BCUT2D eigenvalue weighted by Crippen LogP contribution is 1.91. The molecule has 0 aromatic rings. The van der Waals surface area contributed by atoms with E-state index in [2.05, 4.69) is 0 Å².